The second kappa shape index (κ2) is 9.93. The van der Waals surface area contributed by atoms with Gasteiger partial charge in [0.25, 0.3) is 11.8 Å². The number of imide groups is 2. The van der Waals surface area contributed by atoms with Crippen LogP contribution in [0.3, 0.4) is 0 Å². The van der Waals surface area contributed by atoms with Crippen molar-refractivity contribution in [3.05, 3.63) is 34.4 Å². The minimum Gasteiger partial charge on any atom is -0.375 e. The molecule has 9 nitrogen and oxygen atoms in total. The number of fused-ring (bicyclic) bond motifs is 1. The Bertz CT molecular complexity index is 1120. The van der Waals surface area contributed by atoms with Gasteiger partial charge in [0.2, 0.25) is 11.8 Å². The predicted molar refractivity (Wildman–Crippen MR) is 135 cm³/mol. The minimum atomic E-state index is -0.929. The summed E-state index contributed by atoms with van der Waals surface area (Å²) in [5, 5.41) is 5.65. The first-order valence-corrected chi connectivity index (χ1v) is 13.9. The first kappa shape index (κ1) is 24.7. The highest BCUT2D eigenvalue weighted by molar-refractivity contribution is 6.24. The molecule has 1 unspecified atom stereocenters. The summed E-state index contributed by atoms with van der Waals surface area (Å²) in [7, 11) is 0. The molecule has 0 spiro atoms. The highest BCUT2D eigenvalue weighted by Gasteiger charge is 2.46. The van der Waals surface area contributed by atoms with Crippen LogP contribution in [0, 0.1) is 6.92 Å². The van der Waals surface area contributed by atoms with Crippen molar-refractivity contribution in [2.75, 3.05) is 26.2 Å². The lowest BCUT2D eigenvalue weighted by Gasteiger charge is -2.46. The van der Waals surface area contributed by atoms with Gasteiger partial charge in [-0.25, -0.2) is 0 Å². The zero-order chi connectivity index (χ0) is 25.7. The largest absolute Gasteiger partial charge is 0.375 e. The summed E-state index contributed by atoms with van der Waals surface area (Å²) in [6, 6.07) is 3.43. The first-order valence-electron chi connectivity index (χ1n) is 13.9. The SMILES string of the molecule is Cc1c(C2CCN([C@H]3C[C@H](OC4CCNCC4)C3)CC2)ccc2c1C(=O)N(C1CCC(=O)NC1=O)C2=O. The Morgan fingerprint density at radius 1 is 0.892 bits per heavy atom. The van der Waals surface area contributed by atoms with Gasteiger partial charge in [0.1, 0.15) is 6.04 Å². The molecule has 4 fully saturated rings. The number of carbonyl (C=O) groups is 4. The second-order valence-electron chi connectivity index (χ2n) is 11.3. The Balaban J connectivity index is 1.07. The second-order valence-corrected chi connectivity index (χ2v) is 11.3. The standard InChI is InChI=1S/C28H36N4O5/c1-16-21(2-3-22-25(16)28(36)32(27(22)35)23-4-5-24(33)30-26(23)34)17-8-12-31(13-9-17)18-14-20(15-18)37-19-6-10-29-11-7-19/h2-3,17-20,23,29H,4-15H2,1H3,(H,30,33,34)/t18-,20-,23?. The first-order chi connectivity index (χ1) is 17.9. The maximum atomic E-state index is 13.4. The lowest BCUT2D eigenvalue weighted by atomic mass is 9.81. The lowest BCUT2D eigenvalue weighted by molar-refractivity contribution is -0.136. The number of amides is 4. The number of nitrogens with one attached hydrogen (secondary N) is 2. The van der Waals surface area contributed by atoms with Crippen molar-refractivity contribution in [1.29, 1.82) is 0 Å². The number of ether oxygens (including phenoxy) is 1. The average Bonchev–Trinajstić information content (AvgIpc) is 3.13. The van der Waals surface area contributed by atoms with Gasteiger partial charge in [0.05, 0.1) is 23.3 Å². The van der Waals surface area contributed by atoms with Crippen molar-refractivity contribution < 1.29 is 23.9 Å². The Hall–Kier alpha value is -2.62. The summed E-state index contributed by atoms with van der Waals surface area (Å²) in [6.07, 6.45) is 7.65. The van der Waals surface area contributed by atoms with Crippen LogP contribution in [0.25, 0.3) is 0 Å². The average molecular weight is 509 g/mol. The van der Waals surface area contributed by atoms with E-state index in [1.807, 2.05) is 13.0 Å². The maximum Gasteiger partial charge on any atom is 0.262 e. The number of carbonyl (C=O) groups excluding carboxylic acids is 4. The number of piperidine rings is 3. The van der Waals surface area contributed by atoms with E-state index in [-0.39, 0.29) is 18.7 Å². The van der Waals surface area contributed by atoms with Gasteiger partial charge in [-0.3, -0.25) is 29.4 Å². The van der Waals surface area contributed by atoms with Crippen molar-refractivity contribution in [3.8, 4) is 0 Å². The van der Waals surface area contributed by atoms with E-state index < -0.39 is 23.8 Å². The molecular weight excluding hydrogens is 472 g/mol. The summed E-state index contributed by atoms with van der Waals surface area (Å²) in [5.41, 5.74) is 2.77. The molecular formula is C28H36N4O5. The number of hydrogen-bond acceptors (Lipinski definition) is 7. The Kier molecular flexibility index (Phi) is 6.63. The molecule has 3 saturated heterocycles. The Labute approximate surface area is 217 Å². The molecule has 198 valence electrons. The summed E-state index contributed by atoms with van der Waals surface area (Å²) in [4.78, 5) is 54.0. The molecule has 37 heavy (non-hydrogen) atoms. The normalized spacial score (nSPS) is 29.9. The lowest BCUT2D eigenvalue weighted by Crippen LogP contribution is -2.54. The molecule has 0 radical (unpaired) electrons. The molecule has 4 heterocycles. The molecule has 0 bridgehead atoms. The molecule has 6 rings (SSSR count). The smallest absolute Gasteiger partial charge is 0.262 e. The number of nitrogens with zero attached hydrogens (tertiary/aromatic N) is 2. The van der Waals surface area contributed by atoms with Crippen LogP contribution in [0.4, 0.5) is 0 Å². The van der Waals surface area contributed by atoms with E-state index in [4.69, 9.17) is 4.74 Å². The predicted octanol–water partition coefficient (Wildman–Crippen LogP) is 1.88. The topological polar surface area (TPSA) is 108 Å². The van der Waals surface area contributed by atoms with Gasteiger partial charge in [0.15, 0.2) is 0 Å². The molecule has 5 aliphatic rings. The zero-order valence-electron chi connectivity index (χ0n) is 21.5. The van der Waals surface area contributed by atoms with E-state index in [0.717, 1.165) is 80.7 Å². The molecule has 1 atom stereocenters. The molecule has 4 amide bonds. The number of rotatable bonds is 5. The molecule has 1 aliphatic carbocycles. The van der Waals surface area contributed by atoms with E-state index in [1.165, 1.54) is 0 Å². The van der Waals surface area contributed by atoms with Gasteiger partial charge in [-0.05, 0) is 101 Å². The Morgan fingerprint density at radius 3 is 2.32 bits per heavy atom. The zero-order valence-corrected chi connectivity index (χ0v) is 21.5. The number of hydrogen-bond donors (Lipinski definition) is 2. The van der Waals surface area contributed by atoms with Crippen LogP contribution in [-0.4, -0.2) is 83.9 Å². The van der Waals surface area contributed by atoms with Gasteiger partial charge in [-0.1, -0.05) is 6.07 Å². The van der Waals surface area contributed by atoms with Crippen LogP contribution < -0.4 is 10.6 Å². The molecule has 2 N–H and O–H groups in total. The van der Waals surface area contributed by atoms with Crippen LogP contribution in [0.15, 0.2) is 12.1 Å². The molecule has 1 aromatic rings. The van der Waals surface area contributed by atoms with Gasteiger partial charge >= 0.3 is 0 Å². The molecule has 1 aromatic carbocycles. The van der Waals surface area contributed by atoms with Gasteiger partial charge in [0, 0.05) is 12.5 Å². The van der Waals surface area contributed by atoms with Crippen molar-refractivity contribution >= 4 is 23.6 Å². The van der Waals surface area contributed by atoms with E-state index in [2.05, 4.69) is 15.5 Å². The third-order valence-corrected chi connectivity index (χ3v) is 9.14. The molecule has 1 saturated carbocycles. The third kappa shape index (κ3) is 4.51. The highest BCUT2D eigenvalue weighted by Crippen LogP contribution is 2.39. The van der Waals surface area contributed by atoms with E-state index >= 15 is 0 Å². The van der Waals surface area contributed by atoms with Crippen LogP contribution in [-0.2, 0) is 14.3 Å². The van der Waals surface area contributed by atoms with Gasteiger partial charge in [-0.15, -0.1) is 0 Å². The quantitative estimate of drug-likeness (QED) is 0.585. The highest BCUT2D eigenvalue weighted by atomic mass is 16.5. The Morgan fingerprint density at radius 2 is 1.62 bits per heavy atom. The van der Waals surface area contributed by atoms with E-state index in [0.29, 0.717) is 35.3 Å². The van der Waals surface area contributed by atoms with Crippen molar-refractivity contribution in [2.45, 2.75) is 88.5 Å². The van der Waals surface area contributed by atoms with Crippen molar-refractivity contribution in [1.82, 2.24) is 20.4 Å². The van der Waals surface area contributed by atoms with Gasteiger partial charge < -0.3 is 15.0 Å². The summed E-state index contributed by atoms with van der Waals surface area (Å²) in [5.74, 6) is -1.45. The minimum absolute atomic E-state index is 0.124. The van der Waals surface area contributed by atoms with Crippen LogP contribution in [0.2, 0.25) is 0 Å². The monoisotopic (exact) mass is 508 g/mol. The molecule has 9 heteroatoms. The fourth-order valence-electron chi connectivity index (χ4n) is 6.90. The number of benzene rings is 1. The van der Waals surface area contributed by atoms with Crippen LogP contribution in [0.5, 0.6) is 0 Å². The van der Waals surface area contributed by atoms with Crippen molar-refractivity contribution in [3.63, 3.8) is 0 Å². The van der Waals surface area contributed by atoms with Gasteiger partial charge in [-0.2, -0.15) is 0 Å². The number of likely N-dealkylation sites (tertiary alicyclic amines) is 1. The fraction of sp³-hybridized carbons (Fsp3) is 0.643. The maximum absolute atomic E-state index is 13.4. The summed E-state index contributed by atoms with van der Waals surface area (Å²) < 4.78 is 6.31. The fourth-order valence-corrected chi connectivity index (χ4v) is 6.90. The summed E-state index contributed by atoms with van der Waals surface area (Å²) >= 11 is 0. The molecule has 0 aromatic heterocycles. The third-order valence-electron chi connectivity index (χ3n) is 9.14. The van der Waals surface area contributed by atoms with E-state index in [1.54, 1.807) is 6.07 Å². The summed E-state index contributed by atoms with van der Waals surface area (Å²) in [6.45, 7) is 6.10. The molecule has 4 aliphatic heterocycles. The van der Waals surface area contributed by atoms with E-state index in [9.17, 15) is 19.2 Å². The van der Waals surface area contributed by atoms with Crippen LogP contribution >= 0.6 is 0 Å². The van der Waals surface area contributed by atoms with Crippen LogP contribution in [0.1, 0.15) is 89.1 Å². The van der Waals surface area contributed by atoms with Crippen molar-refractivity contribution in [2.24, 2.45) is 0 Å².